The number of rotatable bonds is 7. The molecule has 3 aromatic rings. The Bertz CT molecular complexity index is 1130. The lowest BCUT2D eigenvalue weighted by atomic mass is 9.96. The number of halogens is 1. The highest BCUT2D eigenvalue weighted by atomic mass is 79.9. The lowest BCUT2D eigenvalue weighted by Crippen LogP contribution is -2.50. The molecule has 1 heterocycles. The molecule has 172 valence electrons. The molecule has 0 aliphatic carbocycles. The van der Waals surface area contributed by atoms with Crippen LogP contribution >= 0.6 is 15.9 Å². The Morgan fingerprint density at radius 2 is 1.47 bits per heavy atom. The molecule has 1 amide bonds. The fraction of sp³-hybridized carbons (Fsp3) is 0.214. The normalized spacial score (nSPS) is 14.6. The summed E-state index contributed by atoms with van der Waals surface area (Å²) in [5.41, 5.74) is 3.66. The quantitative estimate of drug-likeness (QED) is 0.360. The van der Waals surface area contributed by atoms with Gasteiger partial charge in [-0.05, 0) is 22.8 Å². The predicted octanol–water partition coefficient (Wildman–Crippen LogP) is 4.88. The first-order chi connectivity index (χ1) is 16.7. The number of nitrogens with zero attached hydrogens (tertiary/aromatic N) is 3. The summed E-state index contributed by atoms with van der Waals surface area (Å²) < 4.78 is 0.989. The molecule has 0 bridgehead atoms. The average Bonchev–Trinajstić information content (AvgIpc) is 2.89. The van der Waals surface area contributed by atoms with E-state index in [2.05, 4.69) is 80.7 Å². The molecule has 0 spiro atoms. The van der Waals surface area contributed by atoms with Crippen molar-refractivity contribution in [2.45, 2.75) is 12.6 Å². The van der Waals surface area contributed by atoms with Crippen molar-refractivity contribution < 1.29 is 4.79 Å². The van der Waals surface area contributed by atoms with Crippen molar-refractivity contribution in [1.29, 1.82) is 5.26 Å². The van der Waals surface area contributed by atoms with Crippen LogP contribution < -0.4 is 5.32 Å². The summed E-state index contributed by atoms with van der Waals surface area (Å²) in [6.45, 7) is 3.17. The number of hydrogen-bond donors (Lipinski definition) is 1. The highest BCUT2D eigenvalue weighted by molar-refractivity contribution is 9.10. The third-order valence-corrected chi connectivity index (χ3v) is 6.82. The Hall–Kier alpha value is -3.40. The summed E-state index contributed by atoms with van der Waals surface area (Å²) in [6.07, 6.45) is 1.53. The zero-order valence-electron chi connectivity index (χ0n) is 18.9. The minimum absolute atomic E-state index is 0.128. The van der Waals surface area contributed by atoms with Crippen molar-refractivity contribution in [2.24, 2.45) is 0 Å². The van der Waals surface area contributed by atoms with E-state index in [1.165, 1.54) is 17.3 Å². The highest BCUT2D eigenvalue weighted by Gasteiger charge is 2.29. The van der Waals surface area contributed by atoms with Gasteiger partial charge in [-0.3, -0.25) is 9.69 Å². The minimum Gasteiger partial charge on any atom is -0.386 e. The molecule has 1 fully saturated rings. The van der Waals surface area contributed by atoms with Crippen LogP contribution in [0.4, 0.5) is 0 Å². The van der Waals surface area contributed by atoms with Gasteiger partial charge in [0.15, 0.2) is 0 Å². The molecule has 6 heteroatoms. The maximum Gasteiger partial charge on any atom is 0.266 e. The van der Waals surface area contributed by atoms with Crippen LogP contribution in [-0.4, -0.2) is 41.9 Å². The summed E-state index contributed by atoms with van der Waals surface area (Å²) in [5.74, 6) is -0.224. The third kappa shape index (κ3) is 5.74. The highest BCUT2D eigenvalue weighted by Crippen LogP contribution is 2.29. The van der Waals surface area contributed by atoms with Gasteiger partial charge < -0.3 is 10.2 Å². The second-order valence-electron chi connectivity index (χ2n) is 8.19. The SMILES string of the molecule is N#C/C(=C/NCc1ccccc1Br)C(=O)N1CCN(C(c2ccccc2)c2ccccc2)CC1. The maximum absolute atomic E-state index is 13.0. The fourth-order valence-electron chi connectivity index (χ4n) is 4.28. The van der Waals surface area contributed by atoms with Crippen LogP contribution in [-0.2, 0) is 11.3 Å². The van der Waals surface area contributed by atoms with E-state index in [0.717, 1.165) is 23.1 Å². The summed E-state index contributed by atoms with van der Waals surface area (Å²) >= 11 is 3.52. The van der Waals surface area contributed by atoms with Crippen molar-refractivity contribution >= 4 is 21.8 Å². The predicted molar refractivity (Wildman–Crippen MR) is 138 cm³/mol. The maximum atomic E-state index is 13.0. The van der Waals surface area contributed by atoms with Crippen molar-refractivity contribution in [3.8, 4) is 6.07 Å². The van der Waals surface area contributed by atoms with Crippen LogP contribution in [0.1, 0.15) is 22.7 Å². The third-order valence-electron chi connectivity index (χ3n) is 6.04. The van der Waals surface area contributed by atoms with Crippen molar-refractivity contribution in [1.82, 2.24) is 15.1 Å². The molecular weight excluding hydrogens is 488 g/mol. The zero-order valence-corrected chi connectivity index (χ0v) is 20.5. The Morgan fingerprint density at radius 1 is 0.912 bits per heavy atom. The van der Waals surface area contributed by atoms with Crippen LogP contribution in [0.5, 0.6) is 0 Å². The second kappa shape index (κ2) is 11.6. The molecule has 4 rings (SSSR count). The lowest BCUT2D eigenvalue weighted by Gasteiger charge is -2.39. The van der Waals surface area contributed by atoms with Gasteiger partial charge in [0, 0.05) is 43.4 Å². The molecule has 0 aromatic heterocycles. The molecule has 5 nitrogen and oxygen atoms in total. The molecule has 1 aliphatic rings. The summed E-state index contributed by atoms with van der Waals surface area (Å²) in [5, 5.41) is 12.7. The van der Waals surface area contributed by atoms with Gasteiger partial charge in [-0.25, -0.2) is 0 Å². The van der Waals surface area contributed by atoms with E-state index in [1.807, 2.05) is 36.4 Å². The standard InChI is InChI=1S/C28H27BrN4O/c29-26-14-8-7-13-24(26)20-31-21-25(19-30)28(34)33-17-15-32(16-18-33)27(22-9-3-1-4-10-22)23-11-5-2-6-12-23/h1-14,21,27,31H,15-18,20H2/b25-21-. The van der Waals surface area contributed by atoms with Crippen LogP contribution in [0.3, 0.4) is 0 Å². The molecule has 0 atom stereocenters. The van der Waals surface area contributed by atoms with E-state index in [1.54, 1.807) is 4.90 Å². The molecule has 1 aliphatic heterocycles. The van der Waals surface area contributed by atoms with E-state index in [9.17, 15) is 10.1 Å². The molecule has 1 saturated heterocycles. The van der Waals surface area contributed by atoms with E-state index < -0.39 is 0 Å². The minimum atomic E-state index is -0.224. The lowest BCUT2D eigenvalue weighted by molar-refractivity contribution is -0.128. The number of amides is 1. The number of piperazine rings is 1. The Labute approximate surface area is 209 Å². The van der Waals surface area contributed by atoms with Gasteiger partial charge in [-0.1, -0.05) is 94.8 Å². The Morgan fingerprint density at radius 3 is 2.03 bits per heavy atom. The summed E-state index contributed by atoms with van der Waals surface area (Å²) in [7, 11) is 0. The van der Waals surface area contributed by atoms with Gasteiger partial charge in [0.05, 0.1) is 6.04 Å². The van der Waals surface area contributed by atoms with E-state index in [4.69, 9.17) is 0 Å². The van der Waals surface area contributed by atoms with E-state index in [-0.39, 0.29) is 17.5 Å². The largest absolute Gasteiger partial charge is 0.386 e. The van der Waals surface area contributed by atoms with Gasteiger partial charge in [0.25, 0.3) is 5.91 Å². The molecule has 0 unspecified atom stereocenters. The first-order valence-corrected chi connectivity index (χ1v) is 12.2. The van der Waals surface area contributed by atoms with Crippen molar-refractivity contribution in [2.75, 3.05) is 26.2 Å². The first kappa shape index (κ1) is 23.7. The first-order valence-electron chi connectivity index (χ1n) is 11.4. The van der Waals surface area contributed by atoms with Gasteiger partial charge in [-0.15, -0.1) is 0 Å². The number of carbonyl (C=O) groups is 1. The van der Waals surface area contributed by atoms with Crippen molar-refractivity contribution in [3.05, 3.63) is 118 Å². The average molecular weight is 515 g/mol. The fourth-order valence-corrected chi connectivity index (χ4v) is 4.71. The van der Waals surface area contributed by atoms with Crippen molar-refractivity contribution in [3.63, 3.8) is 0 Å². The monoisotopic (exact) mass is 514 g/mol. The van der Waals surface area contributed by atoms with Crippen LogP contribution in [0.2, 0.25) is 0 Å². The number of carbonyl (C=O) groups excluding carboxylic acids is 1. The summed E-state index contributed by atoms with van der Waals surface area (Å²) in [6, 6.07) is 31.0. The Balaban J connectivity index is 1.41. The number of hydrogen-bond acceptors (Lipinski definition) is 4. The molecule has 3 aromatic carbocycles. The zero-order chi connectivity index (χ0) is 23.8. The van der Waals surface area contributed by atoms with E-state index in [0.29, 0.717) is 19.6 Å². The Kier molecular flexibility index (Phi) is 8.13. The topological polar surface area (TPSA) is 59.4 Å². The molecule has 0 radical (unpaired) electrons. The van der Waals surface area contributed by atoms with Gasteiger partial charge >= 0.3 is 0 Å². The number of benzene rings is 3. The smallest absolute Gasteiger partial charge is 0.266 e. The number of nitriles is 1. The molecule has 34 heavy (non-hydrogen) atoms. The van der Waals surface area contributed by atoms with Crippen LogP contribution in [0, 0.1) is 11.3 Å². The summed E-state index contributed by atoms with van der Waals surface area (Å²) in [4.78, 5) is 17.2. The van der Waals surface area contributed by atoms with Crippen LogP contribution in [0.15, 0.2) is 101 Å². The second-order valence-corrected chi connectivity index (χ2v) is 9.05. The van der Waals surface area contributed by atoms with Gasteiger partial charge in [0.1, 0.15) is 11.6 Å². The molecule has 0 saturated carbocycles. The van der Waals surface area contributed by atoms with E-state index >= 15 is 0 Å². The molecule has 1 N–H and O–H groups in total. The van der Waals surface area contributed by atoms with Crippen LogP contribution in [0.25, 0.3) is 0 Å². The number of nitrogens with one attached hydrogen (secondary N) is 1. The van der Waals surface area contributed by atoms with Gasteiger partial charge in [-0.2, -0.15) is 5.26 Å². The molecular formula is C28H27BrN4O. The van der Waals surface area contributed by atoms with Gasteiger partial charge in [0.2, 0.25) is 0 Å².